The summed E-state index contributed by atoms with van der Waals surface area (Å²) < 4.78 is 0. The van der Waals surface area contributed by atoms with Crippen LogP contribution in [0.15, 0.2) is 48.8 Å². The molecule has 1 aromatic heterocycles. The maximum Gasteiger partial charge on any atom is 0.335 e. The maximum absolute atomic E-state index is 11.6. The standard InChI is InChI=1S/C15H15N3O3/c19-14(20)12-4-1-3-11(9-12)6-8-17-15(21)18-13-5-2-7-16-10-13/h1-5,7,9-10H,6,8H2,(H,19,20)(H2,17,18,21). The summed E-state index contributed by atoms with van der Waals surface area (Å²) in [6, 6.07) is 9.80. The summed E-state index contributed by atoms with van der Waals surface area (Å²) in [4.78, 5) is 26.4. The van der Waals surface area contributed by atoms with Crippen LogP contribution in [0.2, 0.25) is 0 Å². The summed E-state index contributed by atoms with van der Waals surface area (Å²) in [5.41, 5.74) is 1.71. The van der Waals surface area contributed by atoms with E-state index < -0.39 is 5.97 Å². The van der Waals surface area contributed by atoms with E-state index in [4.69, 9.17) is 5.11 Å². The first-order chi connectivity index (χ1) is 10.1. The fourth-order valence-electron chi connectivity index (χ4n) is 1.79. The summed E-state index contributed by atoms with van der Waals surface area (Å²) >= 11 is 0. The highest BCUT2D eigenvalue weighted by Crippen LogP contribution is 2.06. The molecule has 0 aliphatic carbocycles. The number of pyridine rings is 1. The summed E-state index contributed by atoms with van der Waals surface area (Å²) in [6.45, 7) is 0.412. The second kappa shape index (κ2) is 7.04. The Hall–Kier alpha value is -2.89. The van der Waals surface area contributed by atoms with Crippen LogP contribution in [-0.2, 0) is 6.42 Å². The van der Waals surface area contributed by atoms with Crippen LogP contribution in [0.25, 0.3) is 0 Å². The van der Waals surface area contributed by atoms with Gasteiger partial charge in [0.05, 0.1) is 17.4 Å². The summed E-state index contributed by atoms with van der Waals surface area (Å²) in [6.07, 6.45) is 3.73. The number of benzene rings is 1. The normalized spacial score (nSPS) is 9.90. The van der Waals surface area contributed by atoms with Crippen molar-refractivity contribution in [2.24, 2.45) is 0 Å². The van der Waals surface area contributed by atoms with Crippen molar-refractivity contribution in [3.05, 3.63) is 59.9 Å². The third-order valence-corrected chi connectivity index (χ3v) is 2.79. The van der Waals surface area contributed by atoms with Crippen molar-refractivity contribution < 1.29 is 14.7 Å². The van der Waals surface area contributed by atoms with Gasteiger partial charge in [-0.3, -0.25) is 4.98 Å². The molecule has 0 atom stereocenters. The minimum Gasteiger partial charge on any atom is -0.478 e. The fraction of sp³-hybridized carbons (Fsp3) is 0.133. The molecule has 1 heterocycles. The van der Waals surface area contributed by atoms with Crippen LogP contribution in [0.1, 0.15) is 15.9 Å². The van der Waals surface area contributed by atoms with Crippen LogP contribution in [-0.4, -0.2) is 28.6 Å². The monoisotopic (exact) mass is 285 g/mol. The lowest BCUT2D eigenvalue weighted by molar-refractivity contribution is 0.0696. The number of rotatable bonds is 5. The van der Waals surface area contributed by atoms with Crippen molar-refractivity contribution >= 4 is 17.7 Å². The van der Waals surface area contributed by atoms with Gasteiger partial charge in [0.1, 0.15) is 0 Å². The van der Waals surface area contributed by atoms with Gasteiger partial charge in [-0.25, -0.2) is 9.59 Å². The van der Waals surface area contributed by atoms with Crippen molar-refractivity contribution in [3.8, 4) is 0 Å². The van der Waals surface area contributed by atoms with Crippen LogP contribution in [0.4, 0.5) is 10.5 Å². The number of nitrogens with zero attached hydrogens (tertiary/aromatic N) is 1. The Morgan fingerprint density at radius 1 is 1.19 bits per heavy atom. The molecule has 0 saturated carbocycles. The van der Waals surface area contributed by atoms with Gasteiger partial charge in [0.2, 0.25) is 0 Å². The predicted octanol–water partition coefficient (Wildman–Crippen LogP) is 2.14. The topological polar surface area (TPSA) is 91.3 Å². The molecule has 3 N–H and O–H groups in total. The lowest BCUT2D eigenvalue weighted by Crippen LogP contribution is -2.30. The van der Waals surface area contributed by atoms with E-state index in [1.807, 2.05) is 6.07 Å². The van der Waals surface area contributed by atoms with Crippen LogP contribution in [0.5, 0.6) is 0 Å². The van der Waals surface area contributed by atoms with E-state index in [2.05, 4.69) is 15.6 Å². The number of hydrogen-bond acceptors (Lipinski definition) is 3. The molecule has 2 aromatic rings. The van der Waals surface area contributed by atoms with Crippen molar-refractivity contribution in [2.45, 2.75) is 6.42 Å². The number of carbonyl (C=O) groups is 2. The van der Waals surface area contributed by atoms with E-state index in [1.165, 1.54) is 6.07 Å². The van der Waals surface area contributed by atoms with Gasteiger partial charge in [-0.2, -0.15) is 0 Å². The van der Waals surface area contributed by atoms with Gasteiger partial charge >= 0.3 is 12.0 Å². The van der Waals surface area contributed by atoms with Gasteiger partial charge in [-0.15, -0.1) is 0 Å². The van der Waals surface area contributed by atoms with Crippen LogP contribution < -0.4 is 10.6 Å². The Kier molecular flexibility index (Phi) is 4.87. The molecule has 0 fully saturated rings. The largest absolute Gasteiger partial charge is 0.478 e. The number of carboxylic acids is 1. The summed E-state index contributed by atoms with van der Waals surface area (Å²) in [7, 11) is 0. The van der Waals surface area contributed by atoms with Gasteiger partial charge in [-0.1, -0.05) is 12.1 Å². The van der Waals surface area contributed by atoms with Gasteiger partial charge < -0.3 is 15.7 Å². The number of aromatic carboxylic acids is 1. The zero-order valence-electron chi connectivity index (χ0n) is 11.2. The number of aromatic nitrogens is 1. The molecule has 6 heteroatoms. The smallest absolute Gasteiger partial charge is 0.335 e. The average molecular weight is 285 g/mol. The predicted molar refractivity (Wildman–Crippen MR) is 78.4 cm³/mol. The molecule has 2 rings (SSSR count). The number of anilines is 1. The Labute approximate surface area is 121 Å². The van der Waals surface area contributed by atoms with E-state index in [1.54, 1.807) is 36.7 Å². The molecule has 6 nitrogen and oxygen atoms in total. The second-order valence-electron chi connectivity index (χ2n) is 4.38. The molecule has 0 aliphatic rings. The molecule has 1 aromatic carbocycles. The highest BCUT2D eigenvalue weighted by atomic mass is 16.4. The highest BCUT2D eigenvalue weighted by Gasteiger charge is 2.04. The van der Waals surface area contributed by atoms with Crippen LogP contribution in [0.3, 0.4) is 0 Å². The molecule has 0 bridgehead atoms. The lowest BCUT2D eigenvalue weighted by atomic mass is 10.1. The number of urea groups is 1. The first kappa shape index (κ1) is 14.5. The molecule has 2 amide bonds. The molecule has 0 saturated heterocycles. The van der Waals surface area contributed by atoms with Crippen molar-refractivity contribution in [1.29, 1.82) is 0 Å². The first-order valence-electron chi connectivity index (χ1n) is 6.42. The Morgan fingerprint density at radius 3 is 2.76 bits per heavy atom. The van der Waals surface area contributed by atoms with Crippen molar-refractivity contribution in [2.75, 3.05) is 11.9 Å². The number of amides is 2. The summed E-state index contributed by atoms with van der Waals surface area (Å²) in [5, 5.41) is 14.3. The molecule has 21 heavy (non-hydrogen) atoms. The SMILES string of the molecule is O=C(NCCc1cccc(C(=O)O)c1)Nc1cccnc1. The number of carboxylic acid groups (broad SMARTS) is 1. The Balaban J connectivity index is 1.80. The first-order valence-corrected chi connectivity index (χ1v) is 6.42. The highest BCUT2D eigenvalue weighted by molar-refractivity contribution is 5.89. The zero-order chi connectivity index (χ0) is 15.1. The molecular formula is C15H15N3O3. The van der Waals surface area contributed by atoms with Crippen molar-refractivity contribution in [1.82, 2.24) is 10.3 Å². The Morgan fingerprint density at radius 2 is 2.05 bits per heavy atom. The minimum absolute atomic E-state index is 0.243. The quantitative estimate of drug-likeness (QED) is 0.785. The van der Waals surface area contributed by atoms with Gasteiger partial charge in [-0.05, 0) is 36.2 Å². The van der Waals surface area contributed by atoms with E-state index in [9.17, 15) is 9.59 Å². The van der Waals surface area contributed by atoms with Gasteiger partial charge in [0, 0.05) is 12.7 Å². The number of carbonyl (C=O) groups excluding carboxylic acids is 1. The zero-order valence-corrected chi connectivity index (χ0v) is 11.2. The van der Waals surface area contributed by atoms with E-state index >= 15 is 0 Å². The minimum atomic E-state index is -0.959. The van der Waals surface area contributed by atoms with E-state index in [0.29, 0.717) is 18.7 Å². The summed E-state index contributed by atoms with van der Waals surface area (Å²) in [5.74, 6) is -0.959. The third kappa shape index (κ3) is 4.61. The molecule has 0 aliphatic heterocycles. The number of hydrogen-bond donors (Lipinski definition) is 3. The van der Waals surface area contributed by atoms with E-state index in [-0.39, 0.29) is 11.6 Å². The third-order valence-electron chi connectivity index (χ3n) is 2.79. The molecule has 0 spiro atoms. The van der Waals surface area contributed by atoms with Gasteiger partial charge in [0.15, 0.2) is 0 Å². The van der Waals surface area contributed by atoms with Gasteiger partial charge in [0.25, 0.3) is 0 Å². The molecule has 0 unspecified atom stereocenters. The molecule has 108 valence electrons. The maximum atomic E-state index is 11.6. The lowest BCUT2D eigenvalue weighted by Gasteiger charge is -2.07. The van der Waals surface area contributed by atoms with Crippen molar-refractivity contribution in [3.63, 3.8) is 0 Å². The van der Waals surface area contributed by atoms with Crippen LogP contribution >= 0.6 is 0 Å². The fourth-order valence-corrected chi connectivity index (χ4v) is 1.79. The second-order valence-corrected chi connectivity index (χ2v) is 4.38. The average Bonchev–Trinajstić information content (AvgIpc) is 2.48. The van der Waals surface area contributed by atoms with E-state index in [0.717, 1.165) is 5.56 Å². The van der Waals surface area contributed by atoms with Crippen LogP contribution in [0, 0.1) is 0 Å². The number of nitrogens with one attached hydrogen (secondary N) is 2. The Bertz CT molecular complexity index is 629. The molecule has 0 radical (unpaired) electrons. The molecular weight excluding hydrogens is 270 g/mol.